The number of furan rings is 1. The summed E-state index contributed by atoms with van der Waals surface area (Å²) in [6.45, 7) is 7.70. The zero-order valence-corrected chi connectivity index (χ0v) is 11.4. The van der Waals surface area contributed by atoms with Gasteiger partial charge in [-0.2, -0.15) is 0 Å². The van der Waals surface area contributed by atoms with E-state index in [0.717, 1.165) is 5.76 Å². The van der Waals surface area contributed by atoms with Crippen LogP contribution in [-0.2, 0) is 15.1 Å². The normalized spacial score (nSPS) is 14.3. The molecule has 0 saturated heterocycles. The molecule has 5 heteroatoms. The van der Waals surface area contributed by atoms with Gasteiger partial charge in [-0.3, -0.25) is 4.79 Å². The molecule has 102 valence electrons. The first-order valence-electron chi connectivity index (χ1n) is 6.01. The molecule has 1 aromatic heterocycles. The van der Waals surface area contributed by atoms with E-state index in [0.29, 0.717) is 17.9 Å². The highest BCUT2D eigenvalue weighted by atomic mass is 16.5. The number of hydrogen-bond acceptors (Lipinski definition) is 4. The number of ether oxygens (including phenoxy) is 1. The maximum absolute atomic E-state index is 11.4. The highest BCUT2D eigenvalue weighted by molar-refractivity contribution is 5.77. The lowest BCUT2D eigenvalue weighted by molar-refractivity contribution is -0.126. The fraction of sp³-hybridized carbons (Fsp3) is 0.615. The summed E-state index contributed by atoms with van der Waals surface area (Å²) in [6.07, 6.45) is 0. The highest BCUT2D eigenvalue weighted by Gasteiger charge is 2.28. The quantitative estimate of drug-likeness (QED) is 0.802. The minimum absolute atomic E-state index is 0.00990. The number of carbonyl (C=O) groups excluding carboxylic acids is 1. The first kappa shape index (κ1) is 14.7. The van der Waals surface area contributed by atoms with Crippen LogP contribution in [0.3, 0.4) is 0 Å². The molecule has 0 fully saturated rings. The van der Waals surface area contributed by atoms with Crippen molar-refractivity contribution in [1.29, 1.82) is 0 Å². The number of carbonyl (C=O) groups is 1. The van der Waals surface area contributed by atoms with Crippen molar-refractivity contribution in [1.82, 2.24) is 5.32 Å². The number of nitrogens with one attached hydrogen (secondary N) is 1. The Bertz CT molecular complexity index is 409. The Morgan fingerprint density at radius 3 is 2.72 bits per heavy atom. The van der Waals surface area contributed by atoms with Crippen LogP contribution in [0.15, 0.2) is 10.5 Å². The predicted octanol–water partition coefficient (Wildman–Crippen LogP) is 1.26. The monoisotopic (exact) mass is 255 g/mol. The van der Waals surface area contributed by atoms with Gasteiger partial charge in [-0.25, -0.2) is 0 Å². The first-order valence-corrected chi connectivity index (χ1v) is 6.01. The smallest absolute Gasteiger partial charge is 0.246 e. The minimum Gasteiger partial charge on any atom is -0.466 e. The second-order valence-corrected chi connectivity index (χ2v) is 4.51. The third kappa shape index (κ3) is 3.85. The molecule has 0 saturated carbocycles. The zero-order chi connectivity index (χ0) is 13.8. The van der Waals surface area contributed by atoms with Crippen molar-refractivity contribution in [3.8, 4) is 0 Å². The molecule has 0 radical (unpaired) electrons. The molecular weight excluding hydrogens is 234 g/mol. The molecule has 0 bridgehead atoms. The van der Waals surface area contributed by atoms with Gasteiger partial charge >= 0.3 is 0 Å². The molecular formula is C13H21NO4. The van der Waals surface area contributed by atoms with E-state index >= 15 is 0 Å². The summed E-state index contributed by atoms with van der Waals surface area (Å²) in [5.41, 5.74) is -0.458. The van der Waals surface area contributed by atoms with Crippen LogP contribution in [0.1, 0.15) is 30.9 Å². The predicted molar refractivity (Wildman–Crippen MR) is 67.3 cm³/mol. The summed E-state index contributed by atoms with van der Waals surface area (Å²) >= 11 is 0. The van der Waals surface area contributed by atoms with E-state index in [9.17, 15) is 9.90 Å². The van der Waals surface area contributed by atoms with Gasteiger partial charge < -0.3 is 19.6 Å². The summed E-state index contributed by atoms with van der Waals surface area (Å²) in [5, 5.41) is 13.0. The molecule has 5 nitrogen and oxygen atoms in total. The zero-order valence-electron chi connectivity index (χ0n) is 11.4. The van der Waals surface area contributed by atoms with E-state index in [-0.39, 0.29) is 19.1 Å². The average molecular weight is 255 g/mol. The molecule has 1 amide bonds. The van der Waals surface area contributed by atoms with Crippen LogP contribution in [0.2, 0.25) is 0 Å². The maximum Gasteiger partial charge on any atom is 0.246 e. The fourth-order valence-electron chi connectivity index (χ4n) is 1.78. The van der Waals surface area contributed by atoms with Gasteiger partial charge in [0.2, 0.25) is 5.91 Å². The topological polar surface area (TPSA) is 71.7 Å². The summed E-state index contributed by atoms with van der Waals surface area (Å²) in [5.74, 6) is 1.16. The Morgan fingerprint density at radius 1 is 1.56 bits per heavy atom. The van der Waals surface area contributed by atoms with Gasteiger partial charge in [-0.05, 0) is 33.8 Å². The van der Waals surface area contributed by atoms with Gasteiger partial charge in [0.25, 0.3) is 0 Å². The van der Waals surface area contributed by atoms with Gasteiger partial charge in [-0.1, -0.05) is 0 Å². The van der Waals surface area contributed by atoms with Crippen LogP contribution in [0.5, 0.6) is 0 Å². The molecule has 2 N–H and O–H groups in total. The number of rotatable bonds is 6. The highest BCUT2D eigenvalue weighted by Crippen LogP contribution is 2.26. The molecule has 0 spiro atoms. The number of aryl methyl sites for hydroxylation is 2. The average Bonchev–Trinajstić information content (AvgIpc) is 2.64. The third-order valence-corrected chi connectivity index (χ3v) is 2.69. The van der Waals surface area contributed by atoms with Crippen LogP contribution >= 0.6 is 0 Å². The third-order valence-electron chi connectivity index (χ3n) is 2.69. The van der Waals surface area contributed by atoms with Gasteiger partial charge in [0, 0.05) is 12.2 Å². The van der Waals surface area contributed by atoms with Crippen molar-refractivity contribution in [2.24, 2.45) is 0 Å². The lowest BCUT2D eigenvalue weighted by Crippen LogP contribution is -2.40. The summed E-state index contributed by atoms with van der Waals surface area (Å²) in [7, 11) is 0. The molecule has 0 aliphatic rings. The molecule has 1 atom stereocenters. The van der Waals surface area contributed by atoms with Gasteiger partial charge in [0.15, 0.2) is 0 Å². The van der Waals surface area contributed by atoms with Crippen molar-refractivity contribution < 1.29 is 19.1 Å². The molecule has 0 aliphatic carbocycles. The molecule has 0 aromatic carbocycles. The standard InChI is InChI=1S/C13H21NO4/c1-5-17-7-12(15)14-8-13(4,16)11-6-9(2)18-10(11)3/h6,16H,5,7-8H2,1-4H3,(H,14,15). The van der Waals surface area contributed by atoms with Crippen molar-refractivity contribution in [2.45, 2.75) is 33.3 Å². The van der Waals surface area contributed by atoms with Crippen molar-refractivity contribution >= 4 is 5.91 Å². The summed E-state index contributed by atoms with van der Waals surface area (Å²) < 4.78 is 10.4. The SMILES string of the molecule is CCOCC(=O)NCC(C)(O)c1cc(C)oc1C. The minimum atomic E-state index is -1.15. The maximum atomic E-state index is 11.4. The van der Waals surface area contributed by atoms with Crippen LogP contribution in [0.25, 0.3) is 0 Å². The Hall–Kier alpha value is -1.33. The Labute approximate surface area is 107 Å². The first-order chi connectivity index (χ1) is 8.36. The molecule has 1 heterocycles. The van der Waals surface area contributed by atoms with Gasteiger partial charge in [-0.15, -0.1) is 0 Å². The molecule has 1 aromatic rings. The van der Waals surface area contributed by atoms with Crippen LogP contribution in [-0.4, -0.2) is 30.8 Å². The Morgan fingerprint density at radius 2 is 2.22 bits per heavy atom. The van der Waals surface area contributed by atoms with E-state index in [1.807, 2.05) is 13.8 Å². The van der Waals surface area contributed by atoms with E-state index in [4.69, 9.17) is 9.15 Å². The second kappa shape index (κ2) is 6.02. The molecule has 1 unspecified atom stereocenters. The van der Waals surface area contributed by atoms with E-state index in [1.165, 1.54) is 0 Å². The van der Waals surface area contributed by atoms with Crippen LogP contribution in [0, 0.1) is 13.8 Å². The Balaban J connectivity index is 2.59. The van der Waals surface area contributed by atoms with E-state index in [2.05, 4.69) is 5.32 Å². The second-order valence-electron chi connectivity index (χ2n) is 4.51. The Kier molecular flexibility index (Phi) is 4.93. The van der Waals surface area contributed by atoms with Crippen molar-refractivity contribution in [3.05, 3.63) is 23.2 Å². The van der Waals surface area contributed by atoms with Gasteiger partial charge in [0.05, 0.1) is 6.54 Å². The molecule has 18 heavy (non-hydrogen) atoms. The number of amides is 1. The van der Waals surface area contributed by atoms with Crippen LogP contribution < -0.4 is 5.32 Å². The van der Waals surface area contributed by atoms with Crippen molar-refractivity contribution in [2.75, 3.05) is 19.8 Å². The molecule has 1 rings (SSSR count). The van der Waals surface area contributed by atoms with Crippen molar-refractivity contribution in [3.63, 3.8) is 0 Å². The van der Waals surface area contributed by atoms with Gasteiger partial charge in [0.1, 0.15) is 23.7 Å². The lowest BCUT2D eigenvalue weighted by atomic mass is 9.96. The lowest BCUT2D eigenvalue weighted by Gasteiger charge is -2.23. The fourth-order valence-corrected chi connectivity index (χ4v) is 1.78. The van der Waals surface area contributed by atoms with E-state index < -0.39 is 5.60 Å². The summed E-state index contributed by atoms with van der Waals surface area (Å²) in [4.78, 5) is 11.4. The molecule has 0 aliphatic heterocycles. The summed E-state index contributed by atoms with van der Waals surface area (Å²) in [6, 6.07) is 1.78. The largest absolute Gasteiger partial charge is 0.466 e. The van der Waals surface area contributed by atoms with E-state index in [1.54, 1.807) is 19.9 Å². The number of hydrogen-bond donors (Lipinski definition) is 2. The number of aliphatic hydroxyl groups is 1. The van der Waals surface area contributed by atoms with Crippen LogP contribution in [0.4, 0.5) is 0 Å².